The minimum Gasteiger partial charge on any atom is -0.493 e. The third-order valence-electron chi connectivity index (χ3n) is 2.39. The highest BCUT2D eigenvalue weighted by molar-refractivity contribution is 5.97. The lowest BCUT2D eigenvalue weighted by molar-refractivity contribution is -0.121. The number of ether oxygens (including phenoxy) is 1. The molecule has 0 radical (unpaired) electrons. The van der Waals surface area contributed by atoms with Gasteiger partial charge in [0.2, 0.25) is 5.91 Å². The molecule has 0 unspecified atom stereocenters. The molecule has 0 atom stereocenters. The van der Waals surface area contributed by atoms with Crippen molar-refractivity contribution in [3.8, 4) is 5.75 Å². The molecule has 1 aromatic carbocycles. The van der Waals surface area contributed by atoms with Crippen molar-refractivity contribution in [2.75, 3.05) is 6.61 Å². The van der Waals surface area contributed by atoms with E-state index in [2.05, 4.69) is 10.9 Å². The van der Waals surface area contributed by atoms with Gasteiger partial charge >= 0.3 is 0 Å². The normalized spacial score (nSPS) is 9.79. The molecule has 0 aromatic heterocycles. The van der Waals surface area contributed by atoms with Crippen LogP contribution in [0.4, 0.5) is 0 Å². The van der Waals surface area contributed by atoms with Crippen LogP contribution in [0.25, 0.3) is 0 Å². The Morgan fingerprint density at radius 1 is 1.11 bits per heavy atom. The topological polar surface area (TPSA) is 67.4 Å². The van der Waals surface area contributed by atoms with Crippen LogP contribution >= 0.6 is 0 Å². The zero-order chi connectivity index (χ0) is 14.1. The SMILES string of the molecule is CCCOc1ccccc1C(=O)NNC(=O)CCC. The second-order valence-electron chi connectivity index (χ2n) is 4.10. The Labute approximate surface area is 113 Å². The molecule has 5 nitrogen and oxygen atoms in total. The van der Waals surface area contributed by atoms with Gasteiger partial charge < -0.3 is 4.74 Å². The molecule has 0 spiro atoms. The molecule has 0 aliphatic rings. The van der Waals surface area contributed by atoms with E-state index in [1.165, 1.54) is 0 Å². The average molecular weight is 264 g/mol. The number of amides is 2. The predicted molar refractivity (Wildman–Crippen MR) is 72.7 cm³/mol. The van der Waals surface area contributed by atoms with Gasteiger partial charge in [-0.3, -0.25) is 20.4 Å². The molecule has 0 fully saturated rings. The molecule has 1 aromatic rings. The molecule has 0 saturated carbocycles. The van der Waals surface area contributed by atoms with Crippen LogP contribution in [0.2, 0.25) is 0 Å². The summed E-state index contributed by atoms with van der Waals surface area (Å²) < 4.78 is 5.49. The monoisotopic (exact) mass is 264 g/mol. The molecule has 5 heteroatoms. The summed E-state index contributed by atoms with van der Waals surface area (Å²) in [6.45, 7) is 4.44. The van der Waals surface area contributed by atoms with Crippen molar-refractivity contribution in [1.82, 2.24) is 10.9 Å². The first kappa shape index (κ1) is 15.0. The van der Waals surface area contributed by atoms with Crippen molar-refractivity contribution in [2.45, 2.75) is 33.1 Å². The second kappa shape index (κ2) is 8.13. The summed E-state index contributed by atoms with van der Waals surface area (Å²) in [5, 5.41) is 0. The molecule has 1 rings (SSSR count). The van der Waals surface area contributed by atoms with Crippen molar-refractivity contribution in [1.29, 1.82) is 0 Å². The summed E-state index contributed by atoms with van der Waals surface area (Å²) in [5.74, 6) is -0.0643. The van der Waals surface area contributed by atoms with Gasteiger partial charge in [0.25, 0.3) is 5.91 Å². The van der Waals surface area contributed by atoms with Gasteiger partial charge in [0.05, 0.1) is 12.2 Å². The Morgan fingerprint density at radius 2 is 1.84 bits per heavy atom. The quantitative estimate of drug-likeness (QED) is 0.773. The van der Waals surface area contributed by atoms with Crippen LogP contribution in [0.5, 0.6) is 5.75 Å². The third-order valence-corrected chi connectivity index (χ3v) is 2.39. The Morgan fingerprint density at radius 3 is 2.53 bits per heavy atom. The maximum absolute atomic E-state index is 11.9. The van der Waals surface area contributed by atoms with E-state index in [-0.39, 0.29) is 11.8 Å². The number of hydrazine groups is 1. The Hall–Kier alpha value is -2.04. The molecule has 0 aliphatic heterocycles. The molecular formula is C14H20N2O3. The largest absolute Gasteiger partial charge is 0.493 e. The summed E-state index contributed by atoms with van der Waals surface area (Å²) in [4.78, 5) is 23.2. The highest BCUT2D eigenvalue weighted by Gasteiger charge is 2.12. The third kappa shape index (κ3) is 4.99. The van der Waals surface area contributed by atoms with Crippen LogP contribution in [0.1, 0.15) is 43.5 Å². The molecular weight excluding hydrogens is 244 g/mol. The van der Waals surface area contributed by atoms with Crippen LogP contribution in [-0.4, -0.2) is 18.4 Å². The van der Waals surface area contributed by atoms with Gasteiger partial charge in [0.1, 0.15) is 5.75 Å². The minimum atomic E-state index is -0.379. The van der Waals surface area contributed by atoms with E-state index in [1.54, 1.807) is 24.3 Å². The average Bonchev–Trinajstić information content (AvgIpc) is 2.43. The maximum Gasteiger partial charge on any atom is 0.273 e. The highest BCUT2D eigenvalue weighted by Crippen LogP contribution is 2.17. The Balaban J connectivity index is 2.63. The zero-order valence-electron chi connectivity index (χ0n) is 11.4. The van der Waals surface area contributed by atoms with Gasteiger partial charge in [0, 0.05) is 6.42 Å². The number of nitrogens with one attached hydrogen (secondary N) is 2. The number of carbonyl (C=O) groups is 2. The van der Waals surface area contributed by atoms with Crippen molar-refractivity contribution in [3.63, 3.8) is 0 Å². The lowest BCUT2D eigenvalue weighted by Gasteiger charge is -2.11. The maximum atomic E-state index is 11.9. The summed E-state index contributed by atoms with van der Waals surface area (Å²) >= 11 is 0. The molecule has 0 bridgehead atoms. The fourth-order valence-corrected chi connectivity index (χ4v) is 1.48. The van der Waals surface area contributed by atoms with E-state index in [0.29, 0.717) is 24.3 Å². The fraction of sp³-hybridized carbons (Fsp3) is 0.429. The molecule has 2 N–H and O–H groups in total. The molecule has 19 heavy (non-hydrogen) atoms. The zero-order valence-corrected chi connectivity index (χ0v) is 11.4. The number of para-hydroxylation sites is 1. The second-order valence-corrected chi connectivity index (χ2v) is 4.10. The standard InChI is InChI=1S/C14H20N2O3/c1-3-7-13(17)15-16-14(18)11-8-5-6-9-12(11)19-10-4-2/h5-6,8-9H,3-4,7,10H2,1-2H3,(H,15,17)(H,16,18). The summed E-state index contributed by atoms with van der Waals surface area (Å²) in [7, 11) is 0. The molecule has 0 saturated heterocycles. The Bertz CT molecular complexity index is 432. The van der Waals surface area contributed by atoms with Crippen LogP contribution < -0.4 is 15.6 Å². The van der Waals surface area contributed by atoms with Crippen molar-refractivity contribution >= 4 is 11.8 Å². The molecule has 2 amide bonds. The van der Waals surface area contributed by atoms with Crippen molar-refractivity contribution < 1.29 is 14.3 Å². The fourth-order valence-electron chi connectivity index (χ4n) is 1.48. The van der Waals surface area contributed by atoms with Crippen molar-refractivity contribution in [2.24, 2.45) is 0 Å². The summed E-state index contributed by atoms with van der Waals surface area (Å²) in [5.41, 5.74) is 5.16. The van der Waals surface area contributed by atoms with Crippen LogP contribution in [0, 0.1) is 0 Å². The number of rotatable bonds is 6. The first-order chi connectivity index (χ1) is 9.19. The van der Waals surface area contributed by atoms with Gasteiger partial charge in [-0.25, -0.2) is 0 Å². The predicted octanol–water partition coefficient (Wildman–Crippen LogP) is 2.04. The Kier molecular flexibility index (Phi) is 6.43. The smallest absolute Gasteiger partial charge is 0.273 e. The van der Waals surface area contributed by atoms with Gasteiger partial charge in [-0.05, 0) is 25.0 Å². The first-order valence-electron chi connectivity index (χ1n) is 6.50. The van der Waals surface area contributed by atoms with E-state index in [1.807, 2.05) is 13.8 Å². The minimum absolute atomic E-state index is 0.206. The first-order valence-corrected chi connectivity index (χ1v) is 6.50. The van der Waals surface area contributed by atoms with Gasteiger partial charge in [-0.1, -0.05) is 26.0 Å². The number of hydrogen-bond donors (Lipinski definition) is 2. The van der Waals surface area contributed by atoms with Gasteiger partial charge in [0.15, 0.2) is 0 Å². The number of benzene rings is 1. The number of hydrogen-bond acceptors (Lipinski definition) is 3. The van der Waals surface area contributed by atoms with Crippen LogP contribution in [-0.2, 0) is 4.79 Å². The molecule has 104 valence electrons. The molecule has 0 aliphatic carbocycles. The van der Waals surface area contributed by atoms with E-state index in [0.717, 1.165) is 12.8 Å². The summed E-state index contributed by atoms with van der Waals surface area (Å²) in [6, 6.07) is 6.95. The lowest BCUT2D eigenvalue weighted by atomic mass is 10.2. The van der Waals surface area contributed by atoms with Crippen LogP contribution in [0.15, 0.2) is 24.3 Å². The van der Waals surface area contributed by atoms with Crippen molar-refractivity contribution in [3.05, 3.63) is 29.8 Å². The molecule has 0 heterocycles. The number of carbonyl (C=O) groups excluding carboxylic acids is 2. The van der Waals surface area contributed by atoms with Gasteiger partial charge in [-0.15, -0.1) is 0 Å². The summed E-state index contributed by atoms with van der Waals surface area (Å²) in [6.07, 6.45) is 1.98. The van der Waals surface area contributed by atoms with E-state index >= 15 is 0 Å². The van der Waals surface area contributed by atoms with E-state index in [9.17, 15) is 9.59 Å². The van der Waals surface area contributed by atoms with E-state index in [4.69, 9.17) is 4.74 Å². The van der Waals surface area contributed by atoms with E-state index < -0.39 is 0 Å². The highest BCUT2D eigenvalue weighted by atomic mass is 16.5. The lowest BCUT2D eigenvalue weighted by Crippen LogP contribution is -2.41. The van der Waals surface area contributed by atoms with Crippen LogP contribution in [0.3, 0.4) is 0 Å². The van der Waals surface area contributed by atoms with Gasteiger partial charge in [-0.2, -0.15) is 0 Å².